The number of carbonyl (C=O) groups excluding carboxylic acids is 1. The first-order valence-corrected chi connectivity index (χ1v) is 10.4. The minimum absolute atomic E-state index is 0.130. The van der Waals surface area contributed by atoms with Gasteiger partial charge in [0.15, 0.2) is 0 Å². The molecule has 1 amide bonds. The Morgan fingerprint density at radius 2 is 1.77 bits per heavy atom. The lowest BCUT2D eigenvalue weighted by atomic mass is 10.0. The van der Waals surface area contributed by atoms with Gasteiger partial charge in [-0.15, -0.1) is 0 Å². The fraction of sp³-hybridized carbons (Fsp3) is 0.320. The molecule has 5 rings (SSSR count). The lowest BCUT2D eigenvalue weighted by Gasteiger charge is -2.22. The summed E-state index contributed by atoms with van der Waals surface area (Å²) in [6, 6.07) is 18.4. The molecule has 154 valence electrons. The van der Waals surface area contributed by atoms with Crippen LogP contribution in [-0.2, 0) is 20.1 Å². The fourth-order valence-electron chi connectivity index (χ4n) is 4.54. The van der Waals surface area contributed by atoms with Crippen LogP contribution in [0, 0.1) is 13.8 Å². The van der Waals surface area contributed by atoms with Crippen molar-refractivity contribution in [1.29, 1.82) is 0 Å². The molecule has 0 aliphatic carbocycles. The van der Waals surface area contributed by atoms with Crippen LogP contribution in [0.3, 0.4) is 0 Å². The zero-order valence-electron chi connectivity index (χ0n) is 17.3. The highest BCUT2D eigenvalue weighted by Gasteiger charge is 2.56. The van der Waals surface area contributed by atoms with Gasteiger partial charge in [-0.1, -0.05) is 42.0 Å². The van der Waals surface area contributed by atoms with Gasteiger partial charge in [0, 0.05) is 12.1 Å². The fourth-order valence-corrected chi connectivity index (χ4v) is 4.54. The van der Waals surface area contributed by atoms with E-state index in [-0.39, 0.29) is 5.91 Å². The van der Waals surface area contributed by atoms with Gasteiger partial charge in [0.05, 0.1) is 25.5 Å². The highest BCUT2D eigenvalue weighted by atomic mass is 16.7. The molecule has 5 heteroatoms. The topological polar surface area (TPSA) is 48.0 Å². The van der Waals surface area contributed by atoms with Crippen LogP contribution in [0.5, 0.6) is 5.75 Å². The number of benzene rings is 3. The van der Waals surface area contributed by atoms with Crippen molar-refractivity contribution >= 4 is 22.4 Å². The van der Waals surface area contributed by atoms with Crippen LogP contribution in [0.4, 0.5) is 5.69 Å². The molecule has 0 atom stereocenters. The van der Waals surface area contributed by atoms with Crippen LogP contribution in [0.25, 0.3) is 10.8 Å². The Hall–Kier alpha value is -2.89. The van der Waals surface area contributed by atoms with E-state index in [1.54, 1.807) is 4.90 Å². The van der Waals surface area contributed by atoms with Crippen molar-refractivity contribution in [2.24, 2.45) is 0 Å². The molecule has 1 spiro atoms. The number of amides is 1. The molecule has 3 aromatic rings. The molecular weight excluding hydrogens is 378 g/mol. The molecule has 0 radical (unpaired) electrons. The number of fused-ring (bicyclic) bond motifs is 3. The minimum atomic E-state index is -1.27. The summed E-state index contributed by atoms with van der Waals surface area (Å²) in [4.78, 5) is 15.1. The van der Waals surface area contributed by atoms with Crippen LogP contribution < -0.4 is 9.64 Å². The van der Waals surface area contributed by atoms with Crippen LogP contribution in [0.15, 0.2) is 54.6 Å². The largest absolute Gasteiger partial charge is 0.494 e. The molecule has 5 nitrogen and oxygen atoms in total. The van der Waals surface area contributed by atoms with Gasteiger partial charge in [0.1, 0.15) is 5.75 Å². The quantitative estimate of drug-likeness (QED) is 0.590. The summed E-state index contributed by atoms with van der Waals surface area (Å²) in [6.07, 6.45) is 0.710. The summed E-state index contributed by atoms with van der Waals surface area (Å²) in [7, 11) is 0. The Kier molecular flexibility index (Phi) is 4.72. The number of nitrogens with zero attached hydrogens (tertiary/aromatic N) is 1. The van der Waals surface area contributed by atoms with E-state index in [0.717, 1.165) is 33.5 Å². The highest BCUT2D eigenvalue weighted by Crippen LogP contribution is 2.47. The first-order valence-electron chi connectivity index (χ1n) is 10.4. The molecule has 2 heterocycles. The number of anilines is 1. The zero-order valence-corrected chi connectivity index (χ0v) is 17.3. The van der Waals surface area contributed by atoms with Gasteiger partial charge in [-0.2, -0.15) is 0 Å². The van der Waals surface area contributed by atoms with Crippen molar-refractivity contribution in [1.82, 2.24) is 0 Å². The molecule has 0 aromatic heterocycles. The maximum atomic E-state index is 13.3. The zero-order chi connectivity index (χ0) is 20.7. The van der Waals surface area contributed by atoms with Crippen molar-refractivity contribution in [2.75, 3.05) is 31.3 Å². The van der Waals surface area contributed by atoms with Crippen molar-refractivity contribution in [3.63, 3.8) is 0 Å². The minimum Gasteiger partial charge on any atom is -0.494 e. The maximum Gasteiger partial charge on any atom is 0.292 e. The average Bonchev–Trinajstić information content (AvgIpc) is 3.32. The lowest BCUT2D eigenvalue weighted by Crippen LogP contribution is -2.41. The van der Waals surface area contributed by atoms with Crippen LogP contribution >= 0.6 is 0 Å². The van der Waals surface area contributed by atoms with Gasteiger partial charge in [0.2, 0.25) is 0 Å². The third-order valence-electron chi connectivity index (χ3n) is 5.81. The van der Waals surface area contributed by atoms with E-state index in [1.165, 1.54) is 5.39 Å². The van der Waals surface area contributed by atoms with Gasteiger partial charge in [-0.3, -0.25) is 4.79 Å². The molecule has 2 aliphatic heterocycles. The summed E-state index contributed by atoms with van der Waals surface area (Å²) in [6.45, 7) is 6.00. The van der Waals surface area contributed by atoms with Crippen LogP contribution in [0.1, 0.15) is 23.1 Å². The van der Waals surface area contributed by atoms with Gasteiger partial charge >= 0.3 is 0 Å². The molecule has 0 saturated carbocycles. The molecule has 1 saturated heterocycles. The molecule has 0 N–H and O–H groups in total. The smallest absolute Gasteiger partial charge is 0.292 e. The van der Waals surface area contributed by atoms with E-state index in [0.29, 0.717) is 32.8 Å². The van der Waals surface area contributed by atoms with Gasteiger partial charge in [-0.25, -0.2) is 0 Å². The van der Waals surface area contributed by atoms with Crippen molar-refractivity contribution < 1.29 is 19.0 Å². The normalized spacial score (nSPS) is 17.1. The Morgan fingerprint density at radius 1 is 1.00 bits per heavy atom. The van der Waals surface area contributed by atoms with E-state index in [9.17, 15) is 4.79 Å². The predicted octanol–water partition coefficient (Wildman–Crippen LogP) is 4.47. The number of aryl methyl sites for hydroxylation is 2. The van der Waals surface area contributed by atoms with Gasteiger partial charge in [0.25, 0.3) is 11.7 Å². The first kappa shape index (κ1) is 19.1. The summed E-state index contributed by atoms with van der Waals surface area (Å²) in [5, 5.41) is 2.35. The lowest BCUT2D eigenvalue weighted by molar-refractivity contribution is -0.180. The Balaban J connectivity index is 1.31. The van der Waals surface area contributed by atoms with Gasteiger partial charge < -0.3 is 19.1 Å². The van der Waals surface area contributed by atoms with Crippen molar-refractivity contribution in [3.05, 3.63) is 71.3 Å². The average molecular weight is 403 g/mol. The predicted molar refractivity (Wildman–Crippen MR) is 116 cm³/mol. The molecule has 0 bridgehead atoms. The number of rotatable bonds is 5. The van der Waals surface area contributed by atoms with E-state index in [1.807, 2.05) is 44.2 Å². The Bertz CT molecular complexity index is 1120. The first-order chi connectivity index (χ1) is 14.6. The Morgan fingerprint density at radius 3 is 2.57 bits per heavy atom. The van der Waals surface area contributed by atoms with E-state index in [2.05, 4.69) is 24.3 Å². The second-order valence-electron chi connectivity index (χ2n) is 7.96. The molecule has 3 aromatic carbocycles. The van der Waals surface area contributed by atoms with Crippen LogP contribution in [0.2, 0.25) is 0 Å². The monoisotopic (exact) mass is 403 g/mol. The van der Waals surface area contributed by atoms with Gasteiger partial charge in [-0.05, 0) is 54.8 Å². The summed E-state index contributed by atoms with van der Waals surface area (Å²) in [5.41, 5.74) is 3.90. The Labute approximate surface area is 176 Å². The molecule has 1 fully saturated rings. The standard InChI is InChI=1S/C25H25NO4/c1-17-14-18(2)23-22(15-17)25(29-12-13-30-25)24(27)26(23)10-5-11-28-21-9-8-19-6-3-4-7-20(19)16-21/h3-4,6-9,14-16H,5,10-13H2,1-2H3. The van der Waals surface area contributed by atoms with E-state index >= 15 is 0 Å². The summed E-state index contributed by atoms with van der Waals surface area (Å²) >= 11 is 0. The third kappa shape index (κ3) is 3.06. The highest BCUT2D eigenvalue weighted by molar-refractivity contribution is 6.07. The summed E-state index contributed by atoms with van der Waals surface area (Å²) in [5.74, 6) is -0.562. The number of carbonyl (C=O) groups is 1. The number of hydrogen-bond donors (Lipinski definition) is 0. The third-order valence-corrected chi connectivity index (χ3v) is 5.81. The SMILES string of the molecule is Cc1cc(C)c2c(c1)C1(OCCO1)C(=O)N2CCCOc1ccc2ccccc2c1. The second kappa shape index (κ2) is 7.42. The second-order valence-corrected chi connectivity index (χ2v) is 7.96. The van der Waals surface area contributed by atoms with Crippen molar-refractivity contribution in [3.8, 4) is 5.75 Å². The van der Waals surface area contributed by atoms with Crippen molar-refractivity contribution in [2.45, 2.75) is 26.1 Å². The molecule has 0 unspecified atom stereocenters. The molecular formula is C25H25NO4. The summed E-state index contributed by atoms with van der Waals surface area (Å²) < 4.78 is 17.7. The maximum absolute atomic E-state index is 13.3. The van der Waals surface area contributed by atoms with E-state index in [4.69, 9.17) is 14.2 Å². The van der Waals surface area contributed by atoms with E-state index < -0.39 is 5.79 Å². The molecule has 2 aliphatic rings. The number of hydrogen-bond acceptors (Lipinski definition) is 4. The van der Waals surface area contributed by atoms with Crippen LogP contribution in [-0.4, -0.2) is 32.3 Å². The molecule has 30 heavy (non-hydrogen) atoms. The number of ether oxygens (including phenoxy) is 3.